The Bertz CT molecular complexity index is 1270. The number of carbonyl (C=O) groups excluding carboxylic acids is 1. The molecule has 37 heavy (non-hydrogen) atoms. The quantitative estimate of drug-likeness (QED) is 0.273. The number of alkyl halides is 3. The van der Waals surface area contributed by atoms with Gasteiger partial charge in [-0.15, -0.1) is 0 Å². The van der Waals surface area contributed by atoms with E-state index in [-0.39, 0.29) is 23.1 Å². The van der Waals surface area contributed by atoms with Crippen LogP contribution in [0.4, 0.5) is 18.0 Å². The van der Waals surface area contributed by atoms with Crippen molar-refractivity contribution in [1.82, 2.24) is 9.88 Å². The van der Waals surface area contributed by atoms with Gasteiger partial charge in [0.25, 0.3) is 0 Å². The van der Waals surface area contributed by atoms with E-state index in [1.54, 1.807) is 20.8 Å². The SMILES string of the molecule is CC(C)(C)OC(=O)N(C[C@H](O)c1cnc(Cl)c(Cl)c1)C1CCc2ccc(OS(=O)(=O)C(F)(F)F)cc2C1. The number of pyridine rings is 1. The maximum Gasteiger partial charge on any atom is 0.534 e. The first kappa shape index (κ1) is 29.3. The summed E-state index contributed by atoms with van der Waals surface area (Å²) in [5, 5.41) is 11.0. The molecule has 2 aromatic rings. The summed E-state index contributed by atoms with van der Waals surface area (Å²) in [7, 11) is -5.84. The lowest BCUT2D eigenvalue weighted by Crippen LogP contribution is -2.47. The number of benzene rings is 1. The Kier molecular flexibility index (Phi) is 8.57. The third kappa shape index (κ3) is 7.40. The lowest BCUT2D eigenvalue weighted by atomic mass is 9.87. The van der Waals surface area contributed by atoms with Crippen molar-refractivity contribution in [1.29, 1.82) is 0 Å². The van der Waals surface area contributed by atoms with Gasteiger partial charge in [0.15, 0.2) is 0 Å². The number of fused-ring (bicyclic) bond motifs is 1. The number of nitrogens with zero attached hydrogens (tertiary/aromatic N) is 2. The van der Waals surface area contributed by atoms with Crippen molar-refractivity contribution < 1.29 is 40.4 Å². The molecular weight excluding hydrogens is 560 g/mol. The molecule has 0 spiro atoms. The Labute approximate surface area is 222 Å². The molecule has 0 radical (unpaired) electrons. The standard InChI is InChI=1S/C23H25Cl2F3N2O6S/c1-22(2,3)35-21(32)30(12-19(31)15-10-18(24)20(25)29-11-15)16-6-4-13-5-7-17(9-14(13)8-16)36-37(33,34)23(26,27)28/h5,7,9-11,16,19,31H,4,6,8,12H2,1-3H3/t16?,19-/m0/s1. The van der Waals surface area contributed by atoms with Crippen LogP contribution in [0, 0.1) is 0 Å². The Morgan fingerprint density at radius 1 is 1.22 bits per heavy atom. The van der Waals surface area contributed by atoms with Gasteiger partial charge in [0.05, 0.1) is 17.7 Å². The molecule has 8 nitrogen and oxygen atoms in total. The van der Waals surface area contributed by atoms with Gasteiger partial charge in [-0.05, 0) is 69.4 Å². The molecule has 1 unspecified atom stereocenters. The van der Waals surface area contributed by atoms with Crippen LogP contribution in [0.1, 0.15) is 50.0 Å². The number of aromatic nitrogens is 1. The number of aliphatic hydroxyl groups is 1. The number of rotatable bonds is 6. The number of halogens is 5. The summed E-state index contributed by atoms with van der Waals surface area (Å²) in [6, 6.07) is 4.74. The van der Waals surface area contributed by atoms with Crippen molar-refractivity contribution >= 4 is 39.4 Å². The number of carbonyl (C=O) groups is 1. The van der Waals surface area contributed by atoms with Crippen LogP contribution in [0.25, 0.3) is 0 Å². The van der Waals surface area contributed by atoms with Crippen molar-refractivity contribution in [3.8, 4) is 5.75 Å². The van der Waals surface area contributed by atoms with E-state index in [1.807, 2.05) is 0 Å². The van der Waals surface area contributed by atoms with Crippen LogP contribution in [-0.2, 0) is 27.7 Å². The molecule has 1 aliphatic carbocycles. The van der Waals surface area contributed by atoms with E-state index in [1.165, 1.54) is 29.3 Å². The van der Waals surface area contributed by atoms with Gasteiger partial charge < -0.3 is 18.9 Å². The Hall–Kier alpha value is -2.28. The molecule has 1 N–H and O–H groups in total. The molecule has 204 valence electrons. The minimum Gasteiger partial charge on any atom is -0.444 e. The maximum atomic E-state index is 13.1. The molecule has 1 heterocycles. The van der Waals surface area contributed by atoms with E-state index >= 15 is 0 Å². The fourth-order valence-electron chi connectivity index (χ4n) is 3.81. The summed E-state index contributed by atoms with van der Waals surface area (Å²) in [5.74, 6) is -0.498. The van der Waals surface area contributed by atoms with Crippen LogP contribution >= 0.6 is 23.2 Å². The van der Waals surface area contributed by atoms with Crippen molar-refractivity contribution in [3.63, 3.8) is 0 Å². The normalized spacial score (nSPS) is 17.1. The summed E-state index contributed by atoms with van der Waals surface area (Å²) in [6.45, 7) is 4.85. The van der Waals surface area contributed by atoms with Crippen LogP contribution < -0.4 is 4.18 Å². The second-order valence-corrected chi connectivity index (χ2v) is 11.8. The first-order valence-electron chi connectivity index (χ1n) is 11.1. The number of hydrogen-bond donors (Lipinski definition) is 1. The van der Waals surface area contributed by atoms with Gasteiger partial charge in [0.1, 0.15) is 16.5 Å². The van der Waals surface area contributed by atoms with E-state index in [0.29, 0.717) is 24.0 Å². The number of amides is 1. The smallest absolute Gasteiger partial charge is 0.444 e. The predicted octanol–water partition coefficient (Wildman–Crippen LogP) is 5.44. The fraction of sp³-hybridized carbons (Fsp3) is 0.478. The topological polar surface area (TPSA) is 106 Å². The highest BCUT2D eigenvalue weighted by atomic mass is 35.5. The molecule has 3 rings (SSSR count). The van der Waals surface area contributed by atoms with Crippen molar-refractivity contribution in [3.05, 3.63) is 57.3 Å². The number of aliphatic hydroxyl groups excluding tert-OH is 1. The molecule has 0 saturated carbocycles. The predicted molar refractivity (Wildman–Crippen MR) is 130 cm³/mol. The van der Waals surface area contributed by atoms with Crippen LogP contribution in [0.2, 0.25) is 10.2 Å². The molecule has 1 aliphatic rings. The van der Waals surface area contributed by atoms with Gasteiger partial charge in [-0.3, -0.25) is 0 Å². The van der Waals surface area contributed by atoms with E-state index < -0.39 is 45.2 Å². The van der Waals surface area contributed by atoms with E-state index in [0.717, 1.165) is 11.6 Å². The molecule has 2 atom stereocenters. The highest BCUT2D eigenvalue weighted by molar-refractivity contribution is 7.88. The number of aryl methyl sites for hydroxylation is 1. The van der Waals surface area contributed by atoms with Crippen molar-refractivity contribution in [2.24, 2.45) is 0 Å². The Balaban J connectivity index is 1.87. The average molecular weight is 585 g/mol. The first-order chi connectivity index (χ1) is 17.0. The molecular formula is C23H25Cl2F3N2O6S. The molecule has 14 heteroatoms. The zero-order valence-corrected chi connectivity index (χ0v) is 22.4. The average Bonchev–Trinajstić information content (AvgIpc) is 2.76. The van der Waals surface area contributed by atoms with Crippen LogP contribution in [0.15, 0.2) is 30.5 Å². The lowest BCUT2D eigenvalue weighted by molar-refractivity contribution is -0.0500. The van der Waals surface area contributed by atoms with Gasteiger partial charge in [-0.1, -0.05) is 29.3 Å². The summed E-state index contributed by atoms with van der Waals surface area (Å²) in [6.07, 6.45) is 0.468. The van der Waals surface area contributed by atoms with E-state index in [2.05, 4.69) is 9.17 Å². The van der Waals surface area contributed by atoms with Crippen molar-refractivity contribution in [2.75, 3.05) is 6.54 Å². The maximum absolute atomic E-state index is 13.1. The van der Waals surface area contributed by atoms with E-state index in [4.69, 9.17) is 27.9 Å². The van der Waals surface area contributed by atoms with E-state index in [9.17, 15) is 31.5 Å². The monoisotopic (exact) mass is 584 g/mol. The van der Waals surface area contributed by atoms with Crippen LogP contribution in [0.3, 0.4) is 0 Å². The zero-order valence-electron chi connectivity index (χ0n) is 20.1. The van der Waals surface area contributed by atoms with Gasteiger partial charge in [-0.25, -0.2) is 9.78 Å². The minimum absolute atomic E-state index is 0.0519. The van der Waals surface area contributed by atoms with Crippen LogP contribution in [-0.4, -0.2) is 53.2 Å². The molecule has 0 saturated heterocycles. The molecule has 0 fully saturated rings. The molecule has 1 amide bonds. The second-order valence-electron chi connectivity index (χ2n) is 9.50. The summed E-state index contributed by atoms with van der Waals surface area (Å²) in [4.78, 5) is 18.4. The first-order valence-corrected chi connectivity index (χ1v) is 13.2. The van der Waals surface area contributed by atoms with Gasteiger partial charge in [-0.2, -0.15) is 21.6 Å². The minimum atomic E-state index is -5.84. The van der Waals surface area contributed by atoms with Gasteiger partial charge >= 0.3 is 21.7 Å². The highest BCUT2D eigenvalue weighted by Crippen LogP contribution is 2.33. The molecule has 1 aromatic carbocycles. The summed E-state index contributed by atoms with van der Waals surface area (Å²) in [5.41, 5.74) is -4.83. The molecule has 0 bridgehead atoms. The fourth-order valence-corrected chi connectivity index (χ4v) is 4.54. The third-order valence-electron chi connectivity index (χ3n) is 5.51. The second kappa shape index (κ2) is 10.8. The highest BCUT2D eigenvalue weighted by Gasteiger charge is 2.48. The lowest BCUT2D eigenvalue weighted by Gasteiger charge is -2.37. The summed E-state index contributed by atoms with van der Waals surface area (Å²) < 4.78 is 70.9. The Morgan fingerprint density at radius 3 is 2.49 bits per heavy atom. The van der Waals surface area contributed by atoms with Gasteiger partial charge in [0.2, 0.25) is 0 Å². The molecule has 1 aromatic heterocycles. The third-order valence-corrected chi connectivity index (χ3v) is 7.18. The largest absolute Gasteiger partial charge is 0.534 e. The zero-order chi connectivity index (χ0) is 27.8. The van der Waals surface area contributed by atoms with Crippen LogP contribution in [0.5, 0.6) is 5.75 Å². The number of hydrogen-bond acceptors (Lipinski definition) is 7. The molecule has 0 aliphatic heterocycles. The Morgan fingerprint density at radius 2 is 1.89 bits per heavy atom. The van der Waals surface area contributed by atoms with Gasteiger partial charge in [0, 0.05) is 17.8 Å². The summed E-state index contributed by atoms with van der Waals surface area (Å²) >= 11 is 11.8. The number of ether oxygens (including phenoxy) is 1. The van der Waals surface area contributed by atoms with Crippen molar-refractivity contribution in [2.45, 2.75) is 63.3 Å².